The zero-order chi connectivity index (χ0) is 13.7. The minimum absolute atomic E-state index is 0.276. The summed E-state index contributed by atoms with van der Waals surface area (Å²) in [7, 11) is 0. The molecule has 0 bridgehead atoms. The summed E-state index contributed by atoms with van der Waals surface area (Å²) in [6.45, 7) is 6.06. The largest absolute Gasteiger partial charge is 0.463 e. The summed E-state index contributed by atoms with van der Waals surface area (Å²) in [5.41, 5.74) is 2.10. The van der Waals surface area contributed by atoms with Crippen molar-refractivity contribution in [3.8, 4) is 11.3 Å². The third-order valence-electron chi connectivity index (χ3n) is 2.53. The molecule has 0 aliphatic heterocycles. The maximum atomic E-state index is 11.4. The van der Waals surface area contributed by atoms with Crippen molar-refractivity contribution >= 4 is 5.97 Å². The molecule has 1 aromatic carbocycles. The van der Waals surface area contributed by atoms with Crippen molar-refractivity contribution < 1.29 is 9.53 Å². The number of hydrogen-bond acceptors (Lipinski definition) is 4. The Balaban J connectivity index is 2.06. The fourth-order valence-electron chi connectivity index (χ4n) is 1.61. The molecule has 5 heteroatoms. The van der Waals surface area contributed by atoms with Gasteiger partial charge in [0.25, 0.3) is 0 Å². The Labute approximate surface area is 111 Å². The van der Waals surface area contributed by atoms with Crippen molar-refractivity contribution in [2.24, 2.45) is 0 Å². The van der Waals surface area contributed by atoms with Gasteiger partial charge < -0.3 is 4.74 Å². The molecular weight excluding hydrogens is 242 g/mol. The lowest BCUT2D eigenvalue weighted by molar-refractivity contribution is -0.138. The summed E-state index contributed by atoms with van der Waals surface area (Å²) in [5.74, 6) is -0.403. The van der Waals surface area contributed by atoms with Crippen LogP contribution in [0.25, 0.3) is 11.3 Å². The Morgan fingerprint density at radius 2 is 2.11 bits per heavy atom. The van der Waals surface area contributed by atoms with E-state index in [1.54, 1.807) is 17.8 Å². The molecule has 0 fully saturated rings. The van der Waals surface area contributed by atoms with Crippen LogP contribution in [-0.4, -0.2) is 27.6 Å². The third kappa shape index (κ3) is 3.28. The number of carbonyl (C=O) groups is 1. The number of benzene rings is 1. The fourth-order valence-corrected chi connectivity index (χ4v) is 1.61. The van der Waals surface area contributed by atoms with Crippen LogP contribution < -0.4 is 0 Å². The Hall–Kier alpha value is -2.43. The predicted octanol–water partition coefficient (Wildman–Crippen LogP) is 2.06. The lowest BCUT2D eigenvalue weighted by atomic mass is 10.2. The first-order valence-corrected chi connectivity index (χ1v) is 6.01. The highest BCUT2D eigenvalue weighted by atomic mass is 16.5. The molecule has 0 saturated heterocycles. The molecule has 0 saturated carbocycles. The number of nitrogens with zero attached hydrogens (tertiary/aromatic N) is 3. The number of hydrogen-bond donors (Lipinski definition) is 0. The van der Waals surface area contributed by atoms with Gasteiger partial charge in [0.2, 0.25) is 0 Å². The van der Waals surface area contributed by atoms with Crippen LogP contribution in [0.3, 0.4) is 0 Å². The lowest BCUT2D eigenvalue weighted by Crippen LogP contribution is -2.12. The molecule has 19 heavy (non-hydrogen) atoms. The minimum Gasteiger partial charge on any atom is -0.463 e. The monoisotopic (exact) mass is 257 g/mol. The van der Waals surface area contributed by atoms with Crippen LogP contribution in [0.2, 0.25) is 0 Å². The standard InChI is InChI=1S/C14H15N3O2/c1-3-19-14(18)11(2)9-17-10-13(15-16-17)12-7-5-4-6-8-12/h4-8,10H,2-3,9H2,1H3. The molecule has 98 valence electrons. The molecule has 2 aromatic rings. The summed E-state index contributed by atoms with van der Waals surface area (Å²) in [5, 5.41) is 8.04. The molecule has 1 heterocycles. The van der Waals surface area contributed by atoms with Gasteiger partial charge in [-0.1, -0.05) is 42.1 Å². The van der Waals surface area contributed by atoms with Gasteiger partial charge in [-0.2, -0.15) is 0 Å². The highest BCUT2D eigenvalue weighted by Crippen LogP contribution is 2.15. The number of rotatable bonds is 5. The Kier molecular flexibility index (Phi) is 4.07. The first-order valence-electron chi connectivity index (χ1n) is 6.01. The van der Waals surface area contributed by atoms with Crippen molar-refractivity contribution in [1.29, 1.82) is 0 Å². The first-order chi connectivity index (χ1) is 9.20. The maximum absolute atomic E-state index is 11.4. The molecule has 0 amide bonds. The van der Waals surface area contributed by atoms with E-state index in [2.05, 4.69) is 16.9 Å². The van der Waals surface area contributed by atoms with Gasteiger partial charge >= 0.3 is 5.97 Å². The van der Waals surface area contributed by atoms with Crippen molar-refractivity contribution in [3.63, 3.8) is 0 Å². The van der Waals surface area contributed by atoms with Crippen molar-refractivity contribution in [2.75, 3.05) is 6.61 Å². The van der Waals surface area contributed by atoms with Gasteiger partial charge in [-0.05, 0) is 6.92 Å². The van der Waals surface area contributed by atoms with E-state index in [1.807, 2.05) is 30.3 Å². The van der Waals surface area contributed by atoms with Gasteiger partial charge in [0, 0.05) is 5.56 Å². The summed E-state index contributed by atoms with van der Waals surface area (Å²) in [4.78, 5) is 11.4. The van der Waals surface area contributed by atoms with Crippen molar-refractivity contribution in [3.05, 3.63) is 48.7 Å². The zero-order valence-electron chi connectivity index (χ0n) is 10.7. The number of esters is 1. The number of ether oxygens (including phenoxy) is 1. The average molecular weight is 257 g/mol. The topological polar surface area (TPSA) is 57.0 Å². The van der Waals surface area contributed by atoms with Crippen LogP contribution in [0.5, 0.6) is 0 Å². The average Bonchev–Trinajstić information content (AvgIpc) is 2.88. The molecule has 0 unspecified atom stereocenters. The van der Waals surface area contributed by atoms with Crippen LogP contribution in [-0.2, 0) is 16.1 Å². The van der Waals surface area contributed by atoms with Crippen molar-refractivity contribution in [2.45, 2.75) is 13.5 Å². The van der Waals surface area contributed by atoms with E-state index in [1.165, 1.54) is 0 Å². The second-order valence-corrected chi connectivity index (χ2v) is 3.99. The molecule has 0 spiro atoms. The van der Waals surface area contributed by atoms with Crippen LogP contribution in [0.15, 0.2) is 48.7 Å². The van der Waals surface area contributed by atoms with Gasteiger partial charge in [0.05, 0.1) is 24.9 Å². The van der Waals surface area contributed by atoms with E-state index in [0.717, 1.165) is 11.3 Å². The van der Waals surface area contributed by atoms with E-state index >= 15 is 0 Å². The van der Waals surface area contributed by atoms with Gasteiger partial charge in [0.15, 0.2) is 0 Å². The molecular formula is C14H15N3O2. The number of aromatic nitrogens is 3. The van der Waals surface area contributed by atoms with Crippen molar-refractivity contribution in [1.82, 2.24) is 15.0 Å². The highest BCUT2D eigenvalue weighted by Gasteiger charge is 2.10. The Bertz CT molecular complexity index is 575. The Morgan fingerprint density at radius 3 is 2.79 bits per heavy atom. The smallest absolute Gasteiger partial charge is 0.335 e. The predicted molar refractivity (Wildman–Crippen MR) is 71.2 cm³/mol. The highest BCUT2D eigenvalue weighted by molar-refractivity contribution is 5.87. The normalized spacial score (nSPS) is 10.2. The second-order valence-electron chi connectivity index (χ2n) is 3.99. The first kappa shape index (κ1) is 13.0. The Morgan fingerprint density at radius 1 is 1.37 bits per heavy atom. The van der Waals surface area contributed by atoms with E-state index < -0.39 is 5.97 Å². The zero-order valence-corrected chi connectivity index (χ0v) is 10.7. The molecule has 2 rings (SSSR count). The SMILES string of the molecule is C=C(Cn1cc(-c2ccccc2)nn1)C(=O)OCC. The number of carbonyl (C=O) groups excluding carboxylic acids is 1. The second kappa shape index (κ2) is 5.95. The van der Waals surface area contributed by atoms with Gasteiger partial charge in [-0.25, -0.2) is 9.48 Å². The minimum atomic E-state index is -0.403. The quantitative estimate of drug-likeness (QED) is 0.607. The summed E-state index contributed by atoms with van der Waals surface area (Å²) in [6, 6.07) is 9.72. The molecule has 5 nitrogen and oxygen atoms in total. The van der Waals surface area contributed by atoms with Crippen LogP contribution >= 0.6 is 0 Å². The van der Waals surface area contributed by atoms with E-state index in [9.17, 15) is 4.79 Å². The maximum Gasteiger partial charge on any atom is 0.335 e. The fraction of sp³-hybridized carbons (Fsp3) is 0.214. The van der Waals surface area contributed by atoms with Gasteiger partial charge in [-0.3, -0.25) is 0 Å². The summed E-state index contributed by atoms with van der Waals surface area (Å²) >= 11 is 0. The molecule has 1 aromatic heterocycles. The molecule has 0 N–H and O–H groups in total. The van der Waals surface area contributed by atoms with Crippen LogP contribution in [0.1, 0.15) is 6.92 Å². The molecule has 0 radical (unpaired) electrons. The summed E-state index contributed by atoms with van der Waals surface area (Å²) < 4.78 is 6.44. The molecule has 0 aliphatic rings. The van der Waals surface area contributed by atoms with Crippen LogP contribution in [0.4, 0.5) is 0 Å². The van der Waals surface area contributed by atoms with E-state index in [4.69, 9.17) is 4.74 Å². The van der Waals surface area contributed by atoms with Gasteiger partial charge in [0.1, 0.15) is 5.69 Å². The van der Waals surface area contributed by atoms with E-state index in [0.29, 0.717) is 12.2 Å². The molecule has 0 atom stereocenters. The molecule has 0 aliphatic carbocycles. The lowest BCUT2D eigenvalue weighted by Gasteiger charge is -2.04. The third-order valence-corrected chi connectivity index (χ3v) is 2.53. The van der Waals surface area contributed by atoms with E-state index in [-0.39, 0.29) is 6.54 Å². The van der Waals surface area contributed by atoms with Crippen LogP contribution in [0, 0.1) is 0 Å². The summed E-state index contributed by atoms with van der Waals surface area (Å²) in [6.07, 6.45) is 1.78. The van der Waals surface area contributed by atoms with Gasteiger partial charge in [-0.15, -0.1) is 5.10 Å².